The molecule has 2 aromatic carbocycles. The highest BCUT2D eigenvalue weighted by Gasteiger charge is 2.34. The van der Waals surface area contributed by atoms with Gasteiger partial charge in [0.25, 0.3) is 0 Å². The number of carbonyl (C=O) groups excluding carboxylic acids is 2. The molecule has 0 bridgehead atoms. The van der Waals surface area contributed by atoms with Gasteiger partial charge in [0.15, 0.2) is 0 Å². The molecular weight excluding hydrogens is 316 g/mol. The Morgan fingerprint density at radius 2 is 1.84 bits per heavy atom. The van der Waals surface area contributed by atoms with Crippen molar-refractivity contribution in [3.05, 3.63) is 59.7 Å². The Hall–Kier alpha value is -2.82. The van der Waals surface area contributed by atoms with Gasteiger partial charge in [-0.05, 0) is 43.2 Å². The third-order valence-corrected chi connectivity index (χ3v) is 4.49. The normalized spacial score (nSPS) is 16.9. The Morgan fingerprint density at radius 3 is 2.52 bits per heavy atom. The fourth-order valence-electron chi connectivity index (χ4n) is 2.99. The van der Waals surface area contributed by atoms with Crippen LogP contribution in [0.3, 0.4) is 0 Å². The number of amides is 2. The zero-order valence-corrected chi connectivity index (χ0v) is 14.2. The zero-order valence-electron chi connectivity index (χ0n) is 14.2. The number of carbonyl (C=O) groups is 2. The van der Waals surface area contributed by atoms with Crippen LogP contribution < -0.4 is 10.2 Å². The maximum atomic E-state index is 12.3. The van der Waals surface area contributed by atoms with Crippen molar-refractivity contribution in [2.24, 2.45) is 5.92 Å². The van der Waals surface area contributed by atoms with Crippen LogP contribution in [0.4, 0.5) is 5.69 Å². The predicted octanol–water partition coefficient (Wildman–Crippen LogP) is 2.41. The first-order valence-electron chi connectivity index (χ1n) is 8.45. The van der Waals surface area contributed by atoms with Gasteiger partial charge in [0.05, 0.1) is 5.92 Å². The van der Waals surface area contributed by atoms with Crippen molar-refractivity contribution < 1.29 is 14.7 Å². The van der Waals surface area contributed by atoms with Gasteiger partial charge < -0.3 is 15.3 Å². The number of aryl methyl sites for hydroxylation is 1. The standard InChI is InChI=1S/C20H22N2O3/c1-14-2-6-17(7-3-14)22-13-16(12-19(22)24)20(25)21-11-10-15-4-8-18(23)9-5-15/h2-9,16,23H,10-13H2,1H3,(H,21,25). The van der Waals surface area contributed by atoms with Gasteiger partial charge in [-0.25, -0.2) is 0 Å². The molecule has 1 aliphatic heterocycles. The highest BCUT2D eigenvalue weighted by Crippen LogP contribution is 2.25. The van der Waals surface area contributed by atoms with Crippen LogP contribution in [0.5, 0.6) is 5.75 Å². The number of phenolic OH excluding ortho intramolecular Hbond substituents is 1. The Morgan fingerprint density at radius 1 is 1.16 bits per heavy atom. The van der Waals surface area contributed by atoms with Crippen molar-refractivity contribution in [2.45, 2.75) is 19.8 Å². The average Bonchev–Trinajstić information content (AvgIpc) is 2.99. The number of rotatable bonds is 5. The third-order valence-electron chi connectivity index (χ3n) is 4.49. The third kappa shape index (κ3) is 4.18. The molecule has 1 saturated heterocycles. The lowest BCUT2D eigenvalue weighted by atomic mass is 10.1. The molecule has 2 aromatic rings. The van der Waals surface area contributed by atoms with E-state index in [9.17, 15) is 14.7 Å². The van der Waals surface area contributed by atoms with E-state index >= 15 is 0 Å². The summed E-state index contributed by atoms with van der Waals surface area (Å²) < 4.78 is 0. The van der Waals surface area contributed by atoms with Crippen molar-refractivity contribution in [1.29, 1.82) is 0 Å². The molecule has 0 saturated carbocycles. The van der Waals surface area contributed by atoms with E-state index in [1.54, 1.807) is 17.0 Å². The van der Waals surface area contributed by atoms with Gasteiger partial charge >= 0.3 is 0 Å². The van der Waals surface area contributed by atoms with Crippen LogP contribution in [-0.2, 0) is 16.0 Å². The number of nitrogens with zero attached hydrogens (tertiary/aromatic N) is 1. The number of aromatic hydroxyl groups is 1. The largest absolute Gasteiger partial charge is 0.508 e. The van der Waals surface area contributed by atoms with Crippen LogP contribution in [0, 0.1) is 12.8 Å². The molecule has 130 valence electrons. The molecule has 0 spiro atoms. The summed E-state index contributed by atoms with van der Waals surface area (Å²) in [4.78, 5) is 26.2. The van der Waals surface area contributed by atoms with Gasteiger partial charge in [0.1, 0.15) is 5.75 Å². The second kappa shape index (κ2) is 7.38. The van der Waals surface area contributed by atoms with Crippen LogP contribution in [0.2, 0.25) is 0 Å². The molecule has 1 aliphatic rings. The number of anilines is 1. The molecule has 0 aliphatic carbocycles. The summed E-state index contributed by atoms with van der Waals surface area (Å²) in [7, 11) is 0. The highest BCUT2D eigenvalue weighted by molar-refractivity contribution is 6.00. The minimum absolute atomic E-state index is 0.0115. The van der Waals surface area contributed by atoms with E-state index in [1.807, 2.05) is 43.3 Å². The van der Waals surface area contributed by atoms with Crippen molar-refractivity contribution in [2.75, 3.05) is 18.0 Å². The molecule has 2 N–H and O–H groups in total. The molecule has 1 heterocycles. The lowest BCUT2D eigenvalue weighted by Crippen LogP contribution is -2.34. The monoisotopic (exact) mass is 338 g/mol. The fourth-order valence-corrected chi connectivity index (χ4v) is 2.99. The van der Waals surface area contributed by atoms with Gasteiger partial charge in [-0.15, -0.1) is 0 Å². The molecule has 3 rings (SSSR count). The summed E-state index contributed by atoms with van der Waals surface area (Å²) in [5, 5.41) is 12.2. The number of hydrogen-bond donors (Lipinski definition) is 2. The summed E-state index contributed by atoms with van der Waals surface area (Å²) in [5.74, 6) is -0.175. The van der Waals surface area contributed by atoms with Gasteiger partial charge in [-0.3, -0.25) is 9.59 Å². The number of nitrogens with one attached hydrogen (secondary N) is 1. The average molecular weight is 338 g/mol. The van der Waals surface area contributed by atoms with Crippen LogP contribution >= 0.6 is 0 Å². The summed E-state index contributed by atoms with van der Waals surface area (Å²) in [6, 6.07) is 14.7. The molecule has 1 fully saturated rings. The Balaban J connectivity index is 1.52. The summed E-state index contributed by atoms with van der Waals surface area (Å²) in [5.41, 5.74) is 3.02. The summed E-state index contributed by atoms with van der Waals surface area (Å²) >= 11 is 0. The number of benzene rings is 2. The summed E-state index contributed by atoms with van der Waals surface area (Å²) in [6.07, 6.45) is 0.938. The molecule has 1 atom stereocenters. The highest BCUT2D eigenvalue weighted by atomic mass is 16.3. The van der Waals surface area contributed by atoms with Crippen LogP contribution in [0.1, 0.15) is 17.5 Å². The topological polar surface area (TPSA) is 69.6 Å². The Labute approximate surface area is 147 Å². The lowest BCUT2D eigenvalue weighted by Gasteiger charge is -2.17. The minimum Gasteiger partial charge on any atom is -0.508 e. The summed E-state index contributed by atoms with van der Waals surface area (Å²) in [6.45, 7) is 2.94. The molecule has 0 radical (unpaired) electrons. The fraction of sp³-hybridized carbons (Fsp3) is 0.300. The van der Waals surface area contributed by atoms with Crippen molar-refractivity contribution in [3.8, 4) is 5.75 Å². The molecule has 0 aromatic heterocycles. The lowest BCUT2D eigenvalue weighted by molar-refractivity contribution is -0.126. The van der Waals surface area contributed by atoms with Gasteiger partial charge in [0, 0.05) is 25.2 Å². The number of hydrogen-bond acceptors (Lipinski definition) is 3. The van der Waals surface area contributed by atoms with E-state index in [0.29, 0.717) is 19.5 Å². The second-order valence-electron chi connectivity index (χ2n) is 6.45. The van der Waals surface area contributed by atoms with Gasteiger partial charge in [-0.2, -0.15) is 0 Å². The smallest absolute Gasteiger partial charge is 0.227 e. The van der Waals surface area contributed by atoms with Crippen molar-refractivity contribution in [3.63, 3.8) is 0 Å². The molecule has 5 heteroatoms. The predicted molar refractivity (Wildman–Crippen MR) is 96.5 cm³/mol. The van der Waals surface area contributed by atoms with E-state index in [1.165, 1.54) is 0 Å². The van der Waals surface area contributed by atoms with Gasteiger partial charge in [0.2, 0.25) is 11.8 Å². The first kappa shape index (κ1) is 17.0. The van der Waals surface area contributed by atoms with E-state index in [4.69, 9.17) is 0 Å². The van der Waals surface area contributed by atoms with E-state index in [0.717, 1.165) is 16.8 Å². The van der Waals surface area contributed by atoms with E-state index in [2.05, 4.69) is 5.32 Å². The van der Waals surface area contributed by atoms with Crippen molar-refractivity contribution >= 4 is 17.5 Å². The SMILES string of the molecule is Cc1ccc(N2CC(C(=O)NCCc3ccc(O)cc3)CC2=O)cc1. The zero-order chi connectivity index (χ0) is 17.8. The van der Waals surface area contributed by atoms with E-state index in [-0.39, 0.29) is 29.9 Å². The molecule has 25 heavy (non-hydrogen) atoms. The molecule has 2 amide bonds. The van der Waals surface area contributed by atoms with E-state index < -0.39 is 0 Å². The first-order chi connectivity index (χ1) is 12.0. The molecule has 1 unspecified atom stereocenters. The molecular formula is C20H22N2O3. The van der Waals surface area contributed by atoms with Crippen LogP contribution in [0.15, 0.2) is 48.5 Å². The maximum absolute atomic E-state index is 12.3. The Bertz CT molecular complexity index is 754. The van der Waals surface area contributed by atoms with Gasteiger partial charge in [-0.1, -0.05) is 29.8 Å². The molecule has 5 nitrogen and oxygen atoms in total. The first-order valence-corrected chi connectivity index (χ1v) is 8.45. The second-order valence-corrected chi connectivity index (χ2v) is 6.45. The number of phenols is 1. The quantitative estimate of drug-likeness (QED) is 0.880. The van der Waals surface area contributed by atoms with Crippen LogP contribution in [-0.4, -0.2) is 30.0 Å². The maximum Gasteiger partial charge on any atom is 0.227 e. The van der Waals surface area contributed by atoms with Crippen molar-refractivity contribution in [1.82, 2.24) is 5.32 Å². The van der Waals surface area contributed by atoms with Crippen LogP contribution in [0.25, 0.3) is 0 Å². The Kier molecular flexibility index (Phi) is 5.03. The minimum atomic E-state index is -0.311.